The molecule has 0 N–H and O–H groups in total. The van der Waals surface area contributed by atoms with E-state index >= 15 is 0 Å². The molecule has 126 valence electrons. The minimum absolute atomic E-state index is 0.245. The summed E-state index contributed by atoms with van der Waals surface area (Å²) in [5.74, 6) is 0. The molecule has 0 saturated carbocycles. The minimum atomic E-state index is -0.472. The first-order valence-electron chi connectivity index (χ1n) is 7.13. The van der Waals surface area contributed by atoms with Gasteiger partial charge in [-0.15, -0.1) is 0 Å². The van der Waals surface area contributed by atoms with E-state index in [1.807, 2.05) is 0 Å². The fraction of sp³-hybridized carbons (Fsp3) is 1.00. The molecule has 1 heterocycles. The van der Waals surface area contributed by atoms with E-state index in [1.54, 1.807) is 28.4 Å². The van der Waals surface area contributed by atoms with Crippen LogP contribution in [0.3, 0.4) is 0 Å². The highest BCUT2D eigenvalue weighted by Crippen LogP contribution is 2.28. The van der Waals surface area contributed by atoms with Gasteiger partial charge in [0, 0.05) is 35.0 Å². The molecule has 0 aromatic carbocycles. The highest BCUT2D eigenvalue weighted by atomic mass is 127. The standard InChI is InChI=1S/C14H27IO6/c1-16-9-10-11(17-2)12(18-3)13(19-4)14(21-10)20-8-6-5-7-15/h10-14H,5-9H2,1-4H3/t10-,11-,12+,13-,14?/m1/s1. The molecule has 0 aromatic heterocycles. The van der Waals surface area contributed by atoms with Crippen LogP contribution < -0.4 is 0 Å². The summed E-state index contributed by atoms with van der Waals surface area (Å²) >= 11 is 2.36. The summed E-state index contributed by atoms with van der Waals surface area (Å²) < 4.78 is 34.8. The predicted molar refractivity (Wildman–Crippen MR) is 87.0 cm³/mol. The van der Waals surface area contributed by atoms with Crippen molar-refractivity contribution in [3.8, 4) is 0 Å². The first-order valence-corrected chi connectivity index (χ1v) is 8.66. The van der Waals surface area contributed by atoms with Gasteiger partial charge in [0.25, 0.3) is 0 Å². The fourth-order valence-corrected chi connectivity index (χ4v) is 3.05. The smallest absolute Gasteiger partial charge is 0.186 e. The van der Waals surface area contributed by atoms with Crippen LogP contribution in [0.1, 0.15) is 12.8 Å². The lowest BCUT2D eigenvalue weighted by Gasteiger charge is -2.44. The van der Waals surface area contributed by atoms with Crippen LogP contribution in [0.25, 0.3) is 0 Å². The molecule has 0 spiro atoms. The molecular formula is C14H27IO6. The lowest BCUT2D eigenvalue weighted by Crippen LogP contribution is -2.61. The van der Waals surface area contributed by atoms with Gasteiger partial charge < -0.3 is 28.4 Å². The molecule has 5 atom stereocenters. The molecule has 0 radical (unpaired) electrons. The summed E-state index contributed by atoms with van der Waals surface area (Å²) in [6.07, 6.45) is 0.567. The molecule has 0 amide bonds. The van der Waals surface area contributed by atoms with Gasteiger partial charge in [0.2, 0.25) is 0 Å². The largest absolute Gasteiger partial charge is 0.382 e. The van der Waals surface area contributed by atoms with Crippen molar-refractivity contribution in [1.29, 1.82) is 0 Å². The van der Waals surface area contributed by atoms with Gasteiger partial charge in [0.15, 0.2) is 6.29 Å². The van der Waals surface area contributed by atoms with Gasteiger partial charge in [-0.25, -0.2) is 0 Å². The number of unbranched alkanes of at least 4 members (excludes halogenated alkanes) is 1. The Kier molecular flexibility index (Phi) is 10.3. The zero-order valence-electron chi connectivity index (χ0n) is 13.2. The van der Waals surface area contributed by atoms with Crippen LogP contribution in [0.15, 0.2) is 0 Å². The van der Waals surface area contributed by atoms with Crippen molar-refractivity contribution < 1.29 is 28.4 Å². The Balaban J connectivity index is 2.70. The lowest BCUT2D eigenvalue weighted by molar-refractivity contribution is -0.313. The summed E-state index contributed by atoms with van der Waals surface area (Å²) in [6, 6.07) is 0. The van der Waals surface area contributed by atoms with E-state index < -0.39 is 6.29 Å². The molecule has 7 heteroatoms. The molecule has 1 fully saturated rings. The van der Waals surface area contributed by atoms with E-state index in [2.05, 4.69) is 22.6 Å². The summed E-state index contributed by atoms with van der Waals surface area (Å²) in [5, 5.41) is 0. The number of alkyl halides is 1. The van der Waals surface area contributed by atoms with Crippen LogP contribution in [0.2, 0.25) is 0 Å². The molecule has 1 unspecified atom stereocenters. The van der Waals surface area contributed by atoms with E-state index in [1.165, 1.54) is 0 Å². The van der Waals surface area contributed by atoms with Gasteiger partial charge in [-0.3, -0.25) is 0 Å². The van der Waals surface area contributed by atoms with Crippen molar-refractivity contribution in [2.75, 3.05) is 46.1 Å². The van der Waals surface area contributed by atoms with Crippen molar-refractivity contribution in [3.63, 3.8) is 0 Å². The Hall–Kier alpha value is 0.490. The molecule has 6 nitrogen and oxygen atoms in total. The second kappa shape index (κ2) is 11.1. The molecule has 0 bridgehead atoms. The summed E-state index contributed by atoms with van der Waals surface area (Å²) in [6.45, 7) is 1.06. The highest BCUT2D eigenvalue weighted by molar-refractivity contribution is 14.1. The zero-order chi connectivity index (χ0) is 15.7. The number of hydrogen-bond donors (Lipinski definition) is 0. The monoisotopic (exact) mass is 418 g/mol. The Bertz CT molecular complexity index is 268. The van der Waals surface area contributed by atoms with Crippen LogP contribution in [0, 0.1) is 0 Å². The third kappa shape index (κ3) is 5.56. The maximum Gasteiger partial charge on any atom is 0.186 e. The van der Waals surface area contributed by atoms with Crippen molar-refractivity contribution in [3.05, 3.63) is 0 Å². The molecule has 0 aromatic rings. The highest BCUT2D eigenvalue weighted by Gasteiger charge is 2.47. The van der Waals surface area contributed by atoms with Gasteiger partial charge in [-0.1, -0.05) is 22.6 Å². The van der Waals surface area contributed by atoms with Crippen LogP contribution in [0.4, 0.5) is 0 Å². The lowest BCUT2D eigenvalue weighted by atomic mass is 9.98. The van der Waals surface area contributed by atoms with E-state index in [0.717, 1.165) is 17.3 Å². The van der Waals surface area contributed by atoms with E-state index in [9.17, 15) is 0 Å². The van der Waals surface area contributed by atoms with Gasteiger partial charge in [0.1, 0.15) is 24.4 Å². The molecule has 1 rings (SSSR count). The second-order valence-electron chi connectivity index (χ2n) is 4.87. The average Bonchev–Trinajstić information content (AvgIpc) is 2.51. The summed E-state index contributed by atoms with van der Waals surface area (Å²) in [4.78, 5) is 0. The van der Waals surface area contributed by atoms with Gasteiger partial charge in [-0.05, 0) is 17.3 Å². The minimum Gasteiger partial charge on any atom is -0.382 e. The zero-order valence-corrected chi connectivity index (χ0v) is 15.4. The molecule has 1 aliphatic rings. The topological polar surface area (TPSA) is 55.4 Å². The van der Waals surface area contributed by atoms with E-state index in [0.29, 0.717) is 13.2 Å². The third-order valence-corrected chi connectivity index (χ3v) is 4.31. The second-order valence-corrected chi connectivity index (χ2v) is 5.94. The fourth-order valence-electron chi connectivity index (χ4n) is 2.51. The number of halogens is 1. The summed E-state index contributed by atoms with van der Waals surface area (Å²) in [7, 11) is 6.54. The van der Waals surface area contributed by atoms with Crippen molar-refractivity contribution >= 4 is 22.6 Å². The third-order valence-electron chi connectivity index (χ3n) is 3.55. The van der Waals surface area contributed by atoms with Gasteiger partial charge in [0.05, 0.1) is 6.61 Å². The molecule has 0 aliphatic carbocycles. The molecule has 21 heavy (non-hydrogen) atoms. The van der Waals surface area contributed by atoms with Crippen LogP contribution in [0.5, 0.6) is 0 Å². The van der Waals surface area contributed by atoms with Crippen molar-refractivity contribution in [2.24, 2.45) is 0 Å². The maximum atomic E-state index is 5.97. The van der Waals surface area contributed by atoms with E-state index in [-0.39, 0.29) is 24.4 Å². The quantitative estimate of drug-likeness (QED) is 0.306. The van der Waals surface area contributed by atoms with Gasteiger partial charge >= 0.3 is 0 Å². The number of ether oxygens (including phenoxy) is 6. The average molecular weight is 418 g/mol. The van der Waals surface area contributed by atoms with E-state index in [4.69, 9.17) is 28.4 Å². The maximum absolute atomic E-state index is 5.97. The number of hydrogen-bond acceptors (Lipinski definition) is 6. The Morgan fingerprint density at radius 1 is 0.905 bits per heavy atom. The first-order chi connectivity index (χ1) is 10.2. The summed E-state index contributed by atoms with van der Waals surface area (Å²) in [5.41, 5.74) is 0. The Labute approximate surface area is 140 Å². The van der Waals surface area contributed by atoms with Gasteiger partial charge in [-0.2, -0.15) is 0 Å². The number of rotatable bonds is 10. The Morgan fingerprint density at radius 2 is 1.57 bits per heavy atom. The van der Waals surface area contributed by atoms with Crippen molar-refractivity contribution in [1.82, 2.24) is 0 Å². The molecule has 1 saturated heterocycles. The first kappa shape index (κ1) is 19.5. The molecular weight excluding hydrogens is 391 g/mol. The van der Waals surface area contributed by atoms with Crippen LogP contribution >= 0.6 is 22.6 Å². The molecule has 1 aliphatic heterocycles. The SMILES string of the molecule is COC[C@H]1OC(OCCCCI)[C@H](OC)[C@@H](OC)[C@@H]1OC. The number of methoxy groups -OCH3 is 4. The Morgan fingerprint density at radius 3 is 2.10 bits per heavy atom. The van der Waals surface area contributed by atoms with Crippen molar-refractivity contribution in [2.45, 2.75) is 43.5 Å². The van der Waals surface area contributed by atoms with Crippen LogP contribution in [-0.4, -0.2) is 76.8 Å². The van der Waals surface area contributed by atoms with Crippen LogP contribution in [-0.2, 0) is 28.4 Å². The predicted octanol–water partition coefficient (Wildman–Crippen LogP) is 1.63. The normalized spacial score (nSPS) is 33.3.